The number of unbranched alkanes of at least 4 members (excludes halogenated alkanes) is 2. The van der Waals surface area contributed by atoms with Crippen molar-refractivity contribution in [2.45, 2.75) is 26.2 Å². The lowest BCUT2D eigenvalue weighted by molar-refractivity contribution is 0.0598. The van der Waals surface area contributed by atoms with E-state index in [1.165, 1.54) is 20.3 Å². The van der Waals surface area contributed by atoms with Gasteiger partial charge in [0.15, 0.2) is 0 Å². The maximum absolute atomic E-state index is 11.6. The van der Waals surface area contributed by atoms with E-state index in [0.717, 1.165) is 19.3 Å². The molecular weight excluding hydrogens is 260 g/mol. The van der Waals surface area contributed by atoms with Gasteiger partial charge in [-0.1, -0.05) is 19.8 Å². The Kier molecular flexibility index (Phi) is 6.56. The van der Waals surface area contributed by atoms with Crippen LogP contribution in [0.15, 0.2) is 18.2 Å². The Balaban J connectivity index is 2.91. The number of hydrogen-bond donors (Lipinski definition) is 0. The van der Waals surface area contributed by atoms with Gasteiger partial charge in [-0.25, -0.2) is 9.59 Å². The molecule has 0 amide bonds. The van der Waals surface area contributed by atoms with Crippen molar-refractivity contribution in [3.05, 3.63) is 29.3 Å². The van der Waals surface area contributed by atoms with E-state index in [-0.39, 0.29) is 11.1 Å². The van der Waals surface area contributed by atoms with Crippen LogP contribution < -0.4 is 4.74 Å². The van der Waals surface area contributed by atoms with E-state index >= 15 is 0 Å². The highest BCUT2D eigenvalue weighted by atomic mass is 16.5. The molecule has 0 radical (unpaired) electrons. The summed E-state index contributed by atoms with van der Waals surface area (Å²) in [5.41, 5.74) is 0.529. The number of rotatable bonds is 7. The molecule has 1 aromatic rings. The molecule has 0 aliphatic heterocycles. The Morgan fingerprint density at radius 3 is 1.95 bits per heavy atom. The molecule has 0 saturated carbocycles. The van der Waals surface area contributed by atoms with Gasteiger partial charge < -0.3 is 14.2 Å². The molecule has 5 heteroatoms. The molecule has 1 rings (SSSR count). The van der Waals surface area contributed by atoms with Gasteiger partial charge in [-0.15, -0.1) is 0 Å². The SMILES string of the molecule is CCCCCOc1cc(C(=O)OC)cc(C(=O)OC)c1. The standard InChI is InChI=1S/C15H20O5/c1-4-5-6-7-20-13-9-11(14(16)18-2)8-12(10-13)15(17)19-3/h8-10H,4-7H2,1-3H3. The third kappa shape index (κ3) is 4.57. The van der Waals surface area contributed by atoms with Gasteiger partial charge >= 0.3 is 11.9 Å². The Morgan fingerprint density at radius 2 is 1.50 bits per heavy atom. The third-order valence-electron chi connectivity index (χ3n) is 2.77. The predicted octanol–water partition coefficient (Wildman–Crippen LogP) is 2.83. The van der Waals surface area contributed by atoms with Crippen molar-refractivity contribution in [2.75, 3.05) is 20.8 Å². The molecular formula is C15H20O5. The van der Waals surface area contributed by atoms with Crippen LogP contribution >= 0.6 is 0 Å². The summed E-state index contributed by atoms with van der Waals surface area (Å²) in [5.74, 6) is -0.576. The summed E-state index contributed by atoms with van der Waals surface area (Å²) >= 11 is 0. The molecule has 1 aromatic carbocycles. The zero-order chi connectivity index (χ0) is 15.0. The molecule has 0 heterocycles. The normalized spacial score (nSPS) is 9.95. The minimum atomic E-state index is -0.519. The van der Waals surface area contributed by atoms with Crippen LogP contribution in [0.2, 0.25) is 0 Å². The summed E-state index contributed by atoms with van der Waals surface area (Å²) < 4.78 is 14.9. The largest absolute Gasteiger partial charge is 0.494 e. The van der Waals surface area contributed by atoms with Crippen molar-refractivity contribution in [2.24, 2.45) is 0 Å². The fraction of sp³-hybridized carbons (Fsp3) is 0.467. The van der Waals surface area contributed by atoms with E-state index in [4.69, 9.17) is 4.74 Å². The Morgan fingerprint density at radius 1 is 0.950 bits per heavy atom. The highest BCUT2D eigenvalue weighted by molar-refractivity contribution is 5.96. The van der Waals surface area contributed by atoms with Gasteiger partial charge in [0, 0.05) is 0 Å². The molecule has 0 atom stereocenters. The first-order chi connectivity index (χ1) is 9.62. The van der Waals surface area contributed by atoms with E-state index in [1.54, 1.807) is 12.1 Å². The number of carbonyl (C=O) groups excluding carboxylic acids is 2. The molecule has 0 bridgehead atoms. The highest BCUT2D eigenvalue weighted by Crippen LogP contribution is 2.19. The average Bonchev–Trinajstić information content (AvgIpc) is 2.49. The van der Waals surface area contributed by atoms with Gasteiger partial charge in [-0.2, -0.15) is 0 Å². The van der Waals surface area contributed by atoms with Crippen LogP contribution in [0.5, 0.6) is 5.75 Å². The highest BCUT2D eigenvalue weighted by Gasteiger charge is 2.14. The zero-order valence-corrected chi connectivity index (χ0v) is 12.1. The molecule has 0 aliphatic rings. The molecule has 0 fully saturated rings. The van der Waals surface area contributed by atoms with Crippen molar-refractivity contribution in [1.29, 1.82) is 0 Å². The Bertz CT molecular complexity index is 433. The summed E-state index contributed by atoms with van der Waals surface area (Å²) in [4.78, 5) is 23.2. The second-order valence-corrected chi connectivity index (χ2v) is 4.28. The lowest BCUT2D eigenvalue weighted by atomic mass is 10.1. The first-order valence-electron chi connectivity index (χ1n) is 6.56. The molecule has 20 heavy (non-hydrogen) atoms. The molecule has 5 nitrogen and oxygen atoms in total. The lowest BCUT2D eigenvalue weighted by Crippen LogP contribution is -2.08. The number of benzene rings is 1. The molecule has 0 aliphatic carbocycles. The van der Waals surface area contributed by atoms with Gasteiger partial charge in [-0.05, 0) is 24.6 Å². The Labute approximate surface area is 118 Å². The molecule has 0 spiro atoms. The van der Waals surface area contributed by atoms with Crippen LogP contribution in [0.3, 0.4) is 0 Å². The summed E-state index contributed by atoms with van der Waals surface area (Å²) in [6.45, 7) is 2.65. The van der Waals surface area contributed by atoms with E-state index in [1.807, 2.05) is 0 Å². The van der Waals surface area contributed by atoms with Crippen molar-refractivity contribution in [3.8, 4) is 5.75 Å². The van der Waals surface area contributed by atoms with Crippen LogP contribution in [0.4, 0.5) is 0 Å². The van der Waals surface area contributed by atoms with Gasteiger partial charge in [0.2, 0.25) is 0 Å². The second kappa shape index (κ2) is 8.19. The first kappa shape index (κ1) is 16.0. The van der Waals surface area contributed by atoms with Crippen LogP contribution in [-0.4, -0.2) is 32.8 Å². The van der Waals surface area contributed by atoms with Crippen molar-refractivity contribution in [3.63, 3.8) is 0 Å². The Hall–Kier alpha value is -2.04. The number of ether oxygens (including phenoxy) is 3. The maximum atomic E-state index is 11.6. The topological polar surface area (TPSA) is 61.8 Å². The average molecular weight is 280 g/mol. The quantitative estimate of drug-likeness (QED) is 0.567. The zero-order valence-electron chi connectivity index (χ0n) is 12.1. The minimum Gasteiger partial charge on any atom is -0.494 e. The molecule has 0 saturated heterocycles. The number of esters is 2. The van der Waals surface area contributed by atoms with Crippen molar-refractivity contribution < 1.29 is 23.8 Å². The van der Waals surface area contributed by atoms with Gasteiger partial charge in [0.1, 0.15) is 5.75 Å². The van der Waals surface area contributed by atoms with E-state index in [0.29, 0.717) is 12.4 Å². The minimum absolute atomic E-state index is 0.265. The molecule has 0 unspecified atom stereocenters. The number of carbonyl (C=O) groups is 2. The summed E-state index contributed by atoms with van der Waals surface area (Å²) in [7, 11) is 2.57. The fourth-order valence-corrected chi connectivity index (χ4v) is 1.70. The molecule has 0 aromatic heterocycles. The van der Waals surface area contributed by atoms with Crippen molar-refractivity contribution >= 4 is 11.9 Å². The van der Waals surface area contributed by atoms with E-state index in [9.17, 15) is 9.59 Å². The fourth-order valence-electron chi connectivity index (χ4n) is 1.70. The van der Waals surface area contributed by atoms with Crippen LogP contribution in [-0.2, 0) is 9.47 Å². The van der Waals surface area contributed by atoms with Crippen molar-refractivity contribution in [1.82, 2.24) is 0 Å². The van der Waals surface area contributed by atoms with Gasteiger partial charge in [0.25, 0.3) is 0 Å². The smallest absolute Gasteiger partial charge is 0.338 e. The number of methoxy groups -OCH3 is 2. The second-order valence-electron chi connectivity index (χ2n) is 4.28. The molecule has 0 N–H and O–H groups in total. The van der Waals surface area contributed by atoms with E-state index < -0.39 is 11.9 Å². The van der Waals surface area contributed by atoms with Crippen LogP contribution in [0.25, 0.3) is 0 Å². The summed E-state index contributed by atoms with van der Waals surface area (Å²) in [6, 6.07) is 4.55. The maximum Gasteiger partial charge on any atom is 0.338 e. The van der Waals surface area contributed by atoms with Crippen LogP contribution in [0, 0.1) is 0 Å². The van der Waals surface area contributed by atoms with Gasteiger partial charge in [-0.3, -0.25) is 0 Å². The predicted molar refractivity (Wildman–Crippen MR) is 74.1 cm³/mol. The van der Waals surface area contributed by atoms with Gasteiger partial charge in [0.05, 0.1) is 32.0 Å². The lowest BCUT2D eigenvalue weighted by Gasteiger charge is -2.09. The monoisotopic (exact) mass is 280 g/mol. The van der Waals surface area contributed by atoms with E-state index in [2.05, 4.69) is 16.4 Å². The molecule has 110 valence electrons. The number of hydrogen-bond acceptors (Lipinski definition) is 5. The first-order valence-corrected chi connectivity index (χ1v) is 6.56. The summed E-state index contributed by atoms with van der Waals surface area (Å²) in [5, 5.41) is 0. The third-order valence-corrected chi connectivity index (χ3v) is 2.77. The summed E-state index contributed by atoms with van der Waals surface area (Å²) in [6.07, 6.45) is 3.09. The van der Waals surface area contributed by atoms with Crippen LogP contribution in [0.1, 0.15) is 46.9 Å².